The van der Waals surface area contributed by atoms with Gasteiger partial charge in [0.05, 0.1) is 9.75 Å². The molecule has 5 heteroatoms. The molecule has 0 N–H and O–H groups in total. The lowest BCUT2D eigenvalue weighted by Crippen LogP contribution is -1.98. The van der Waals surface area contributed by atoms with Crippen molar-refractivity contribution in [2.75, 3.05) is 0 Å². The summed E-state index contributed by atoms with van der Waals surface area (Å²) in [6, 6.07) is 17.3. The predicted octanol–water partition coefficient (Wildman–Crippen LogP) is 5.49. The van der Waals surface area contributed by atoms with Crippen molar-refractivity contribution in [1.82, 2.24) is 0 Å². The van der Waals surface area contributed by atoms with Crippen LogP contribution in [0, 0.1) is 10.1 Å². The van der Waals surface area contributed by atoms with Crippen LogP contribution in [0.3, 0.4) is 0 Å². The van der Waals surface area contributed by atoms with Crippen LogP contribution in [-0.4, -0.2) is 4.92 Å². The molecule has 0 fully saturated rings. The Bertz CT molecular complexity index is 767. The summed E-state index contributed by atoms with van der Waals surface area (Å²) in [5, 5.41) is 12.3. The van der Waals surface area contributed by atoms with Crippen molar-refractivity contribution in [3.05, 3.63) is 75.2 Å². The summed E-state index contributed by atoms with van der Waals surface area (Å²) < 4.78 is 1.24. The Morgan fingerprint density at radius 3 is 2.62 bits per heavy atom. The Balaban J connectivity index is 1.89. The van der Waals surface area contributed by atoms with E-state index in [1.54, 1.807) is 23.5 Å². The van der Waals surface area contributed by atoms with E-state index in [-0.39, 0.29) is 15.4 Å². The highest BCUT2D eigenvalue weighted by molar-refractivity contribution is 9.09. The SMILES string of the molecule is O=[N+]([O-])c1ccccc1CC(Br)c1cc2ccccc2s1. The third-order valence-corrected chi connectivity index (χ3v) is 5.69. The van der Waals surface area contributed by atoms with Crippen molar-refractivity contribution in [3.8, 4) is 0 Å². The third-order valence-electron chi connectivity index (χ3n) is 3.34. The van der Waals surface area contributed by atoms with Gasteiger partial charge in [0.25, 0.3) is 5.69 Å². The Kier molecular flexibility index (Phi) is 4.03. The lowest BCUT2D eigenvalue weighted by atomic mass is 10.1. The molecule has 2 aromatic carbocycles. The molecule has 3 rings (SSSR count). The average molecular weight is 362 g/mol. The molecule has 0 amide bonds. The van der Waals surface area contributed by atoms with E-state index in [1.807, 2.05) is 24.3 Å². The molecule has 1 unspecified atom stereocenters. The highest BCUT2D eigenvalue weighted by Crippen LogP contribution is 2.37. The maximum absolute atomic E-state index is 11.1. The smallest absolute Gasteiger partial charge is 0.258 e. The van der Waals surface area contributed by atoms with Crippen LogP contribution in [0.4, 0.5) is 5.69 Å². The number of benzene rings is 2. The Hall–Kier alpha value is -1.72. The van der Waals surface area contributed by atoms with Crippen molar-refractivity contribution in [1.29, 1.82) is 0 Å². The maximum Gasteiger partial charge on any atom is 0.272 e. The molecule has 1 aromatic heterocycles. The van der Waals surface area contributed by atoms with Gasteiger partial charge in [0, 0.05) is 21.2 Å². The molecule has 1 atom stereocenters. The van der Waals surface area contributed by atoms with Crippen molar-refractivity contribution in [2.45, 2.75) is 11.2 Å². The van der Waals surface area contributed by atoms with Gasteiger partial charge in [-0.15, -0.1) is 11.3 Å². The first kappa shape index (κ1) is 14.2. The van der Waals surface area contributed by atoms with E-state index in [9.17, 15) is 10.1 Å². The van der Waals surface area contributed by atoms with Crippen molar-refractivity contribution < 1.29 is 4.92 Å². The molecule has 3 nitrogen and oxygen atoms in total. The number of fused-ring (bicyclic) bond motifs is 1. The lowest BCUT2D eigenvalue weighted by Gasteiger charge is -2.08. The minimum Gasteiger partial charge on any atom is -0.258 e. The van der Waals surface area contributed by atoms with Gasteiger partial charge < -0.3 is 0 Å². The normalized spacial score (nSPS) is 12.4. The van der Waals surface area contributed by atoms with E-state index in [4.69, 9.17) is 0 Å². The third kappa shape index (κ3) is 2.99. The fourth-order valence-corrected chi connectivity index (χ4v) is 4.12. The van der Waals surface area contributed by atoms with Gasteiger partial charge in [-0.25, -0.2) is 0 Å². The Morgan fingerprint density at radius 2 is 1.86 bits per heavy atom. The fraction of sp³-hybridized carbons (Fsp3) is 0.125. The number of para-hydroxylation sites is 1. The molecule has 21 heavy (non-hydrogen) atoms. The molecule has 106 valence electrons. The fourth-order valence-electron chi connectivity index (χ4n) is 2.31. The van der Waals surface area contributed by atoms with Crippen LogP contribution >= 0.6 is 27.3 Å². The van der Waals surface area contributed by atoms with E-state index in [2.05, 4.69) is 34.1 Å². The van der Waals surface area contributed by atoms with Gasteiger partial charge in [-0.3, -0.25) is 10.1 Å². The molecular formula is C16H12BrNO2S. The number of nitrogens with zero attached hydrogens (tertiary/aromatic N) is 1. The van der Waals surface area contributed by atoms with E-state index >= 15 is 0 Å². The van der Waals surface area contributed by atoms with Crippen LogP contribution in [0.25, 0.3) is 10.1 Å². The monoisotopic (exact) mass is 361 g/mol. The quantitative estimate of drug-likeness (QED) is 0.350. The molecule has 0 aliphatic carbocycles. The summed E-state index contributed by atoms with van der Waals surface area (Å²) in [6.07, 6.45) is 0.601. The van der Waals surface area contributed by atoms with E-state index < -0.39 is 0 Å². The molecule has 1 heterocycles. The predicted molar refractivity (Wildman–Crippen MR) is 90.3 cm³/mol. The van der Waals surface area contributed by atoms with E-state index in [0.717, 1.165) is 5.56 Å². The number of rotatable bonds is 4. The van der Waals surface area contributed by atoms with Crippen LogP contribution in [0.15, 0.2) is 54.6 Å². The zero-order chi connectivity index (χ0) is 14.8. The summed E-state index contributed by atoms with van der Waals surface area (Å²) in [5.74, 6) is 0. The van der Waals surface area contributed by atoms with Gasteiger partial charge in [-0.1, -0.05) is 52.3 Å². The van der Waals surface area contributed by atoms with Crippen LogP contribution in [0.5, 0.6) is 0 Å². The van der Waals surface area contributed by atoms with Gasteiger partial charge in [0.2, 0.25) is 0 Å². The second kappa shape index (κ2) is 5.95. The number of hydrogen-bond acceptors (Lipinski definition) is 3. The number of thiophene rings is 1. The van der Waals surface area contributed by atoms with Crippen LogP contribution in [-0.2, 0) is 6.42 Å². The first-order chi connectivity index (χ1) is 10.1. The number of nitro groups is 1. The second-order valence-corrected chi connectivity index (χ2v) is 6.96. The molecule has 0 aliphatic rings. The van der Waals surface area contributed by atoms with Crippen molar-refractivity contribution in [3.63, 3.8) is 0 Å². The molecule has 0 bridgehead atoms. The molecule has 0 spiro atoms. The number of hydrogen-bond donors (Lipinski definition) is 0. The highest BCUT2D eigenvalue weighted by atomic mass is 79.9. The Labute approximate surface area is 134 Å². The maximum atomic E-state index is 11.1. The molecular weight excluding hydrogens is 350 g/mol. The van der Waals surface area contributed by atoms with Crippen LogP contribution in [0.1, 0.15) is 15.3 Å². The van der Waals surface area contributed by atoms with Gasteiger partial charge in [0.15, 0.2) is 0 Å². The second-order valence-electron chi connectivity index (χ2n) is 4.74. The highest BCUT2D eigenvalue weighted by Gasteiger charge is 2.18. The zero-order valence-corrected chi connectivity index (χ0v) is 13.4. The van der Waals surface area contributed by atoms with E-state index in [0.29, 0.717) is 6.42 Å². The lowest BCUT2D eigenvalue weighted by molar-refractivity contribution is -0.385. The standard InChI is InChI=1S/C16H12BrNO2S/c17-13(9-11-5-1-3-7-14(11)18(19)20)16-10-12-6-2-4-8-15(12)21-16/h1-8,10,13H,9H2. The topological polar surface area (TPSA) is 43.1 Å². The van der Waals surface area contributed by atoms with E-state index in [1.165, 1.54) is 15.0 Å². The average Bonchev–Trinajstić information content (AvgIpc) is 2.91. The number of alkyl halides is 1. The van der Waals surface area contributed by atoms with Crippen LogP contribution < -0.4 is 0 Å². The molecule has 3 aromatic rings. The van der Waals surface area contributed by atoms with Gasteiger partial charge in [-0.05, 0) is 23.9 Å². The molecule has 0 aliphatic heterocycles. The number of nitro benzene ring substituents is 1. The zero-order valence-electron chi connectivity index (χ0n) is 11.0. The molecule has 0 saturated heterocycles. The van der Waals surface area contributed by atoms with Gasteiger partial charge in [0.1, 0.15) is 0 Å². The summed E-state index contributed by atoms with van der Waals surface area (Å²) >= 11 is 5.39. The Morgan fingerprint density at radius 1 is 1.14 bits per heavy atom. The molecule has 0 saturated carbocycles. The molecule has 0 radical (unpaired) electrons. The first-order valence-corrected chi connectivity index (χ1v) is 8.23. The summed E-state index contributed by atoms with van der Waals surface area (Å²) in [5.41, 5.74) is 0.935. The largest absolute Gasteiger partial charge is 0.272 e. The van der Waals surface area contributed by atoms with Gasteiger partial charge >= 0.3 is 0 Å². The first-order valence-electron chi connectivity index (χ1n) is 6.50. The minimum absolute atomic E-state index is 0.0796. The summed E-state index contributed by atoms with van der Waals surface area (Å²) in [6.45, 7) is 0. The van der Waals surface area contributed by atoms with Gasteiger partial charge in [-0.2, -0.15) is 0 Å². The summed E-state index contributed by atoms with van der Waals surface area (Å²) in [4.78, 5) is 12.0. The summed E-state index contributed by atoms with van der Waals surface area (Å²) in [7, 11) is 0. The minimum atomic E-state index is -0.319. The van der Waals surface area contributed by atoms with Crippen LogP contribution in [0.2, 0.25) is 0 Å². The van der Waals surface area contributed by atoms with Crippen molar-refractivity contribution >= 4 is 43.0 Å². The number of halogens is 1. The van der Waals surface area contributed by atoms with Crippen molar-refractivity contribution in [2.24, 2.45) is 0 Å².